The number of β-lactam (4-membered cyclic amide) rings is 1. The van der Waals surface area contributed by atoms with Crippen LogP contribution in [0.15, 0.2) is 91.0 Å². The molecule has 1 aliphatic heterocycles. The summed E-state index contributed by atoms with van der Waals surface area (Å²) in [6.07, 6.45) is -0.729. The van der Waals surface area contributed by atoms with E-state index in [1.165, 1.54) is 10.4 Å². The number of amides is 1. The second-order valence-electron chi connectivity index (χ2n) is 9.74. The van der Waals surface area contributed by atoms with Crippen LogP contribution in [0.4, 0.5) is 0 Å². The Bertz CT molecular complexity index is 1010. The van der Waals surface area contributed by atoms with E-state index in [1.807, 2.05) is 42.5 Å². The third-order valence-electron chi connectivity index (χ3n) is 6.45. The van der Waals surface area contributed by atoms with Crippen molar-refractivity contribution in [3.63, 3.8) is 0 Å². The minimum absolute atomic E-state index is 0.0752. The van der Waals surface area contributed by atoms with Crippen molar-refractivity contribution in [2.45, 2.75) is 57.6 Å². The second-order valence-corrected chi connectivity index (χ2v) is 14.0. The third-order valence-corrected chi connectivity index (χ3v) is 11.6. The molecular formula is C28H33NO3Si. The van der Waals surface area contributed by atoms with E-state index < -0.39 is 14.4 Å². The quantitative estimate of drug-likeness (QED) is 0.409. The number of benzene rings is 3. The van der Waals surface area contributed by atoms with Crippen molar-refractivity contribution in [1.29, 1.82) is 0 Å². The van der Waals surface area contributed by atoms with Crippen LogP contribution in [0.3, 0.4) is 0 Å². The summed E-state index contributed by atoms with van der Waals surface area (Å²) in [6, 6.07) is 30.9. The Morgan fingerprint density at radius 2 is 1.33 bits per heavy atom. The molecule has 1 aliphatic rings. The minimum atomic E-state index is -2.70. The number of rotatable bonds is 8. The van der Waals surface area contributed by atoms with Crippen molar-refractivity contribution < 1.29 is 14.0 Å². The highest BCUT2D eigenvalue weighted by molar-refractivity contribution is 6.99. The van der Waals surface area contributed by atoms with Crippen LogP contribution in [0.25, 0.3) is 0 Å². The molecule has 172 valence electrons. The van der Waals surface area contributed by atoms with E-state index >= 15 is 0 Å². The number of ether oxygens (including phenoxy) is 1. The van der Waals surface area contributed by atoms with Gasteiger partial charge in [-0.1, -0.05) is 112 Å². The summed E-state index contributed by atoms with van der Waals surface area (Å²) in [5.41, 5.74) is 1.05. The molecule has 5 heteroatoms. The molecule has 1 heterocycles. The lowest BCUT2D eigenvalue weighted by Crippen LogP contribution is -2.73. The second kappa shape index (κ2) is 9.63. The number of carbonyl (C=O) groups excluding carboxylic acids is 1. The molecule has 0 aliphatic carbocycles. The van der Waals surface area contributed by atoms with E-state index in [1.54, 1.807) is 0 Å². The Labute approximate surface area is 198 Å². The minimum Gasteiger partial charge on any atom is -0.403 e. The van der Waals surface area contributed by atoms with Gasteiger partial charge in [0.25, 0.3) is 14.2 Å². The monoisotopic (exact) mass is 459 g/mol. The summed E-state index contributed by atoms with van der Waals surface area (Å²) in [5, 5.41) is 5.36. The molecule has 0 aromatic heterocycles. The van der Waals surface area contributed by atoms with Gasteiger partial charge in [0.1, 0.15) is 0 Å². The summed E-state index contributed by atoms with van der Waals surface area (Å²) < 4.78 is 13.2. The van der Waals surface area contributed by atoms with Crippen molar-refractivity contribution >= 4 is 24.6 Å². The molecule has 1 N–H and O–H groups in total. The third kappa shape index (κ3) is 4.67. The first-order chi connectivity index (χ1) is 15.8. The Kier molecular flexibility index (Phi) is 6.84. The molecule has 1 amide bonds. The van der Waals surface area contributed by atoms with Crippen molar-refractivity contribution in [3.8, 4) is 0 Å². The van der Waals surface area contributed by atoms with Gasteiger partial charge in [-0.05, 0) is 27.9 Å². The molecular weight excluding hydrogens is 426 g/mol. The molecule has 0 unspecified atom stereocenters. The topological polar surface area (TPSA) is 47.6 Å². The molecule has 3 aromatic rings. The zero-order valence-electron chi connectivity index (χ0n) is 19.8. The highest BCUT2D eigenvalue weighted by atomic mass is 28.4. The maximum Gasteiger partial charge on any atom is 0.261 e. The lowest BCUT2D eigenvalue weighted by molar-refractivity contribution is -0.154. The average Bonchev–Trinajstić information content (AvgIpc) is 2.82. The van der Waals surface area contributed by atoms with Gasteiger partial charge in [0, 0.05) is 0 Å². The zero-order chi connectivity index (χ0) is 23.5. The molecule has 0 spiro atoms. The van der Waals surface area contributed by atoms with E-state index in [4.69, 9.17) is 9.16 Å². The predicted octanol–water partition coefficient (Wildman–Crippen LogP) is 4.04. The molecule has 1 saturated heterocycles. The van der Waals surface area contributed by atoms with Crippen LogP contribution in [0, 0.1) is 0 Å². The summed E-state index contributed by atoms with van der Waals surface area (Å²) in [7, 11) is -2.70. The molecule has 1 fully saturated rings. The SMILES string of the molecule is C[C@H](O[Si](c1ccccc1)(c1ccccc1)C(C)(C)C)[C@H]1NC(=O)[C@H]1OCc1ccccc1. The van der Waals surface area contributed by atoms with Gasteiger partial charge in [0.05, 0.1) is 18.8 Å². The fraction of sp³-hybridized carbons (Fsp3) is 0.321. The largest absolute Gasteiger partial charge is 0.403 e. The number of carbonyl (C=O) groups is 1. The molecule has 33 heavy (non-hydrogen) atoms. The highest BCUT2D eigenvalue weighted by Crippen LogP contribution is 2.38. The van der Waals surface area contributed by atoms with Gasteiger partial charge in [-0.2, -0.15) is 0 Å². The lowest BCUT2D eigenvalue weighted by atomic mass is 9.97. The molecule has 3 atom stereocenters. The summed E-state index contributed by atoms with van der Waals surface area (Å²) in [6.45, 7) is 9.24. The Balaban J connectivity index is 1.63. The maximum atomic E-state index is 12.4. The van der Waals surface area contributed by atoms with E-state index in [-0.39, 0.29) is 23.1 Å². The highest BCUT2D eigenvalue weighted by Gasteiger charge is 2.54. The van der Waals surface area contributed by atoms with E-state index in [0.29, 0.717) is 6.61 Å². The van der Waals surface area contributed by atoms with Gasteiger partial charge >= 0.3 is 0 Å². The molecule has 4 rings (SSSR count). The number of nitrogens with one attached hydrogen (secondary N) is 1. The number of hydrogen-bond donors (Lipinski definition) is 1. The maximum absolute atomic E-state index is 12.4. The van der Waals surface area contributed by atoms with Crippen molar-refractivity contribution in [3.05, 3.63) is 96.6 Å². The zero-order valence-corrected chi connectivity index (χ0v) is 20.8. The lowest BCUT2D eigenvalue weighted by Gasteiger charge is -2.48. The van der Waals surface area contributed by atoms with Gasteiger partial charge in [-0.3, -0.25) is 4.79 Å². The van der Waals surface area contributed by atoms with Crippen LogP contribution in [0.5, 0.6) is 0 Å². The molecule has 4 nitrogen and oxygen atoms in total. The first-order valence-electron chi connectivity index (χ1n) is 11.6. The van der Waals surface area contributed by atoms with Gasteiger partial charge in [-0.15, -0.1) is 0 Å². The van der Waals surface area contributed by atoms with Gasteiger partial charge in [0.2, 0.25) is 0 Å². The average molecular weight is 460 g/mol. The fourth-order valence-electron chi connectivity index (χ4n) is 4.74. The normalized spacial score (nSPS) is 19.5. The summed E-state index contributed by atoms with van der Waals surface area (Å²) >= 11 is 0. The Morgan fingerprint density at radius 3 is 1.79 bits per heavy atom. The van der Waals surface area contributed by atoms with Crippen molar-refractivity contribution in [2.75, 3.05) is 0 Å². The van der Waals surface area contributed by atoms with Crippen LogP contribution < -0.4 is 15.7 Å². The van der Waals surface area contributed by atoms with Gasteiger partial charge in [0.15, 0.2) is 6.10 Å². The summed E-state index contributed by atoms with van der Waals surface area (Å²) in [5.74, 6) is -0.0752. The van der Waals surface area contributed by atoms with Crippen molar-refractivity contribution in [1.82, 2.24) is 5.32 Å². The first-order valence-corrected chi connectivity index (χ1v) is 13.5. The molecule has 3 aromatic carbocycles. The van der Waals surface area contributed by atoms with Crippen LogP contribution in [-0.2, 0) is 20.6 Å². The Hall–Kier alpha value is -2.73. The molecule has 0 bridgehead atoms. The van der Waals surface area contributed by atoms with Gasteiger partial charge < -0.3 is 14.5 Å². The molecule has 0 saturated carbocycles. The fourth-order valence-corrected chi connectivity index (χ4v) is 9.45. The van der Waals surface area contributed by atoms with E-state index in [2.05, 4.69) is 81.5 Å². The van der Waals surface area contributed by atoms with Gasteiger partial charge in [-0.25, -0.2) is 0 Å². The van der Waals surface area contributed by atoms with Crippen molar-refractivity contribution in [2.24, 2.45) is 0 Å². The van der Waals surface area contributed by atoms with E-state index in [0.717, 1.165) is 5.56 Å². The number of hydrogen-bond acceptors (Lipinski definition) is 3. The van der Waals surface area contributed by atoms with E-state index in [9.17, 15) is 4.79 Å². The predicted molar refractivity (Wildman–Crippen MR) is 135 cm³/mol. The first kappa shape index (κ1) is 23.4. The van der Waals surface area contributed by atoms with Crippen LogP contribution in [0.2, 0.25) is 5.04 Å². The van der Waals surface area contributed by atoms with Crippen LogP contribution >= 0.6 is 0 Å². The van der Waals surface area contributed by atoms with Crippen LogP contribution in [0.1, 0.15) is 33.3 Å². The van der Waals surface area contributed by atoms with Crippen LogP contribution in [-0.4, -0.2) is 32.5 Å². The smallest absolute Gasteiger partial charge is 0.261 e. The molecule has 0 radical (unpaired) electrons. The standard InChI is InChI=1S/C28H33NO3Si/c1-21(25-26(27(30)29-25)31-20-22-14-8-5-9-15-22)32-33(28(2,3)4,23-16-10-6-11-17-23)24-18-12-7-13-19-24/h5-19,21,25-26H,20H2,1-4H3,(H,29,30)/t21-,25+,26-/m0/s1. The Morgan fingerprint density at radius 1 is 0.848 bits per heavy atom. The summed E-state index contributed by atoms with van der Waals surface area (Å²) in [4.78, 5) is 12.4.